The topological polar surface area (TPSA) is 29.1 Å². The molecule has 0 saturated carbocycles. The monoisotopic (exact) mass is 203 g/mol. The molecule has 0 radical (unpaired) electrons. The lowest BCUT2D eigenvalue weighted by atomic mass is 9.77. The van der Waals surface area contributed by atoms with Gasteiger partial charge in [0.2, 0.25) is 5.91 Å². The number of nitrogens with one attached hydrogen (secondary N) is 1. The molecule has 1 heterocycles. The lowest BCUT2D eigenvalue weighted by Crippen LogP contribution is -2.32. The van der Waals surface area contributed by atoms with Gasteiger partial charge in [-0.1, -0.05) is 32.9 Å². The molecule has 0 fully saturated rings. The number of anilines is 1. The van der Waals surface area contributed by atoms with Crippen LogP contribution in [0.1, 0.15) is 38.3 Å². The third-order valence-corrected chi connectivity index (χ3v) is 3.10. The van der Waals surface area contributed by atoms with Gasteiger partial charge in [-0.3, -0.25) is 4.79 Å². The molecular formula is C13H17NO. The van der Waals surface area contributed by atoms with E-state index in [2.05, 4.69) is 38.2 Å². The van der Waals surface area contributed by atoms with Gasteiger partial charge >= 0.3 is 0 Å². The van der Waals surface area contributed by atoms with Gasteiger partial charge in [0.1, 0.15) is 0 Å². The molecule has 0 saturated heterocycles. The molecule has 1 aromatic rings. The Morgan fingerprint density at radius 1 is 1.40 bits per heavy atom. The number of benzene rings is 1. The third kappa shape index (κ3) is 1.76. The minimum absolute atomic E-state index is 0.0388. The molecule has 80 valence electrons. The van der Waals surface area contributed by atoms with Gasteiger partial charge in [-0.25, -0.2) is 0 Å². The summed E-state index contributed by atoms with van der Waals surface area (Å²) in [6.45, 7) is 6.41. The summed E-state index contributed by atoms with van der Waals surface area (Å²) in [5, 5.41) is 2.93. The van der Waals surface area contributed by atoms with Crippen LogP contribution in [0.2, 0.25) is 0 Å². The van der Waals surface area contributed by atoms with Gasteiger partial charge in [0.15, 0.2) is 0 Å². The van der Waals surface area contributed by atoms with Crippen LogP contribution in [0.5, 0.6) is 0 Å². The molecule has 1 aromatic carbocycles. The minimum Gasteiger partial charge on any atom is -0.326 e. The summed E-state index contributed by atoms with van der Waals surface area (Å²) in [6, 6.07) is 6.32. The minimum atomic E-state index is -0.0388. The van der Waals surface area contributed by atoms with Gasteiger partial charge in [-0.2, -0.15) is 0 Å². The SMILES string of the molecule is CCc1ccc2c(c1)C(C)(C)CC(=O)N2. The highest BCUT2D eigenvalue weighted by Crippen LogP contribution is 2.37. The quantitative estimate of drug-likeness (QED) is 0.747. The second kappa shape index (κ2) is 3.37. The summed E-state index contributed by atoms with van der Waals surface area (Å²) in [5.41, 5.74) is 3.54. The molecular weight excluding hydrogens is 186 g/mol. The normalized spacial score (nSPS) is 18.2. The Labute approximate surface area is 90.7 Å². The van der Waals surface area contributed by atoms with E-state index in [-0.39, 0.29) is 11.3 Å². The molecule has 1 amide bonds. The fourth-order valence-corrected chi connectivity index (χ4v) is 2.17. The van der Waals surface area contributed by atoms with Gasteiger partial charge in [-0.15, -0.1) is 0 Å². The Bertz CT molecular complexity index is 407. The maximum Gasteiger partial charge on any atom is 0.225 e. The number of aryl methyl sites for hydroxylation is 1. The van der Waals surface area contributed by atoms with E-state index < -0.39 is 0 Å². The van der Waals surface area contributed by atoms with Crippen molar-refractivity contribution in [3.05, 3.63) is 29.3 Å². The summed E-state index contributed by atoms with van der Waals surface area (Å²) in [6.07, 6.45) is 1.62. The van der Waals surface area contributed by atoms with Gasteiger partial charge in [0.05, 0.1) is 0 Å². The highest BCUT2D eigenvalue weighted by Gasteiger charge is 2.31. The fraction of sp³-hybridized carbons (Fsp3) is 0.462. The Morgan fingerprint density at radius 3 is 2.80 bits per heavy atom. The zero-order chi connectivity index (χ0) is 11.1. The molecule has 2 rings (SSSR count). The first kappa shape index (κ1) is 10.2. The maximum absolute atomic E-state index is 11.5. The van der Waals surface area contributed by atoms with Crippen molar-refractivity contribution in [2.75, 3.05) is 5.32 Å². The van der Waals surface area contributed by atoms with Crippen LogP contribution in [0.3, 0.4) is 0 Å². The van der Waals surface area contributed by atoms with Crippen LogP contribution < -0.4 is 5.32 Å². The van der Waals surface area contributed by atoms with Crippen molar-refractivity contribution < 1.29 is 4.79 Å². The van der Waals surface area contributed by atoms with E-state index in [1.807, 2.05) is 6.07 Å². The first-order valence-electron chi connectivity index (χ1n) is 5.46. The number of hydrogen-bond donors (Lipinski definition) is 1. The number of rotatable bonds is 1. The second-order valence-electron chi connectivity index (χ2n) is 4.84. The van der Waals surface area contributed by atoms with Gasteiger partial charge in [0, 0.05) is 17.5 Å². The van der Waals surface area contributed by atoms with Gasteiger partial charge in [-0.05, 0) is 23.6 Å². The lowest BCUT2D eigenvalue weighted by Gasteiger charge is -2.32. The van der Waals surface area contributed by atoms with Crippen molar-refractivity contribution in [3.63, 3.8) is 0 Å². The Balaban J connectivity index is 2.53. The van der Waals surface area contributed by atoms with E-state index in [4.69, 9.17) is 0 Å². The van der Waals surface area contributed by atoms with Gasteiger partial charge < -0.3 is 5.32 Å². The third-order valence-electron chi connectivity index (χ3n) is 3.10. The first-order valence-corrected chi connectivity index (χ1v) is 5.46. The number of carbonyl (C=O) groups is 1. The summed E-state index contributed by atoms with van der Waals surface area (Å²) >= 11 is 0. The van der Waals surface area contributed by atoms with Crippen molar-refractivity contribution >= 4 is 11.6 Å². The van der Waals surface area contributed by atoms with Crippen molar-refractivity contribution in [1.29, 1.82) is 0 Å². The molecule has 0 bridgehead atoms. The fourth-order valence-electron chi connectivity index (χ4n) is 2.17. The maximum atomic E-state index is 11.5. The van der Waals surface area contributed by atoms with E-state index in [1.54, 1.807) is 0 Å². The molecule has 0 atom stereocenters. The van der Waals surface area contributed by atoms with E-state index in [0.717, 1.165) is 12.1 Å². The molecule has 0 aromatic heterocycles. The molecule has 2 nitrogen and oxygen atoms in total. The van der Waals surface area contributed by atoms with E-state index >= 15 is 0 Å². The van der Waals surface area contributed by atoms with Crippen molar-refractivity contribution in [2.24, 2.45) is 0 Å². The predicted molar refractivity (Wildman–Crippen MR) is 62.1 cm³/mol. The molecule has 1 N–H and O–H groups in total. The zero-order valence-corrected chi connectivity index (χ0v) is 9.55. The van der Waals surface area contributed by atoms with E-state index in [9.17, 15) is 4.79 Å². The Hall–Kier alpha value is -1.31. The average molecular weight is 203 g/mol. The molecule has 15 heavy (non-hydrogen) atoms. The largest absolute Gasteiger partial charge is 0.326 e. The molecule has 1 aliphatic rings. The Kier molecular flexibility index (Phi) is 2.29. The van der Waals surface area contributed by atoms with Crippen molar-refractivity contribution in [3.8, 4) is 0 Å². The highest BCUT2D eigenvalue weighted by molar-refractivity contribution is 5.95. The summed E-state index contributed by atoms with van der Waals surface area (Å²) < 4.78 is 0. The van der Waals surface area contributed by atoms with Crippen LogP contribution in [0.15, 0.2) is 18.2 Å². The lowest BCUT2D eigenvalue weighted by molar-refractivity contribution is -0.117. The Morgan fingerprint density at radius 2 is 2.13 bits per heavy atom. The summed E-state index contributed by atoms with van der Waals surface area (Å²) in [7, 11) is 0. The molecule has 1 aliphatic heterocycles. The molecule has 0 aliphatic carbocycles. The number of carbonyl (C=O) groups excluding carboxylic acids is 1. The second-order valence-corrected chi connectivity index (χ2v) is 4.84. The molecule has 0 spiro atoms. The molecule has 0 unspecified atom stereocenters. The van der Waals surface area contributed by atoms with Gasteiger partial charge in [0.25, 0.3) is 0 Å². The smallest absolute Gasteiger partial charge is 0.225 e. The number of fused-ring (bicyclic) bond motifs is 1. The van der Waals surface area contributed by atoms with Crippen LogP contribution in [-0.4, -0.2) is 5.91 Å². The number of amides is 1. The van der Waals surface area contributed by atoms with E-state index in [0.29, 0.717) is 6.42 Å². The highest BCUT2D eigenvalue weighted by atomic mass is 16.1. The van der Waals surface area contributed by atoms with Crippen molar-refractivity contribution in [2.45, 2.75) is 39.0 Å². The van der Waals surface area contributed by atoms with Crippen LogP contribution in [-0.2, 0) is 16.6 Å². The van der Waals surface area contributed by atoms with Crippen LogP contribution >= 0.6 is 0 Å². The summed E-state index contributed by atoms with van der Waals surface area (Å²) in [4.78, 5) is 11.5. The standard InChI is InChI=1S/C13H17NO/c1-4-9-5-6-11-10(7-9)13(2,3)8-12(15)14-11/h5-7H,4,8H2,1-3H3,(H,14,15). The van der Waals surface area contributed by atoms with E-state index in [1.165, 1.54) is 11.1 Å². The van der Waals surface area contributed by atoms with Crippen LogP contribution in [0.25, 0.3) is 0 Å². The van der Waals surface area contributed by atoms with Crippen LogP contribution in [0, 0.1) is 0 Å². The number of hydrogen-bond acceptors (Lipinski definition) is 1. The first-order chi connectivity index (χ1) is 7.03. The zero-order valence-electron chi connectivity index (χ0n) is 9.55. The van der Waals surface area contributed by atoms with Crippen LogP contribution in [0.4, 0.5) is 5.69 Å². The predicted octanol–water partition coefficient (Wildman–Crippen LogP) is 2.87. The molecule has 2 heteroatoms. The summed E-state index contributed by atoms with van der Waals surface area (Å²) in [5.74, 6) is 0.122. The van der Waals surface area contributed by atoms with Crippen molar-refractivity contribution in [1.82, 2.24) is 0 Å². The average Bonchev–Trinajstić information content (AvgIpc) is 2.16.